The van der Waals surface area contributed by atoms with E-state index in [0.29, 0.717) is 5.56 Å². The summed E-state index contributed by atoms with van der Waals surface area (Å²) in [6, 6.07) is 5.66. The summed E-state index contributed by atoms with van der Waals surface area (Å²) in [5.41, 5.74) is 0.646. The van der Waals surface area contributed by atoms with Gasteiger partial charge in [-0.1, -0.05) is 26.0 Å². The summed E-state index contributed by atoms with van der Waals surface area (Å²) in [5, 5.41) is 0. The van der Waals surface area contributed by atoms with Crippen LogP contribution in [0.3, 0.4) is 0 Å². The molecule has 0 aliphatic carbocycles. The highest BCUT2D eigenvalue weighted by atomic mass is 19.4. The minimum Gasteiger partial charge on any atom is -0.406 e. The lowest BCUT2D eigenvalue weighted by Crippen LogP contribution is -2.42. The molecule has 0 aromatic heterocycles. The first kappa shape index (κ1) is 20.3. The van der Waals surface area contributed by atoms with Gasteiger partial charge in [-0.05, 0) is 49.7 Å². The number of alkyl halides is 3. The van der Waals surface area contributed by atoms with Gasteiger partial charge < -0.3 is 14.5 Å². The Morgan fingerprint density at radius 2 is 1.92 bits per heavy atom. The van der Waals surface area contributed by atoms with Gasteiger partial charge in [0.1, 0.15) is 5.75 Å². The minimum atomic E-state index is -4.71. The van der Waals surface area contributed by atoms with Crippen molar-refractivity contribution >= 4 is 12.0 Å². The zero-order valence-corrected chi connectivity index (χ0v) is 15.1. The van der Waals surface area contributed by atoms with Crippen LogP contribution in [0.2, 0.25) is 0 Å². The van der Waals surface area contributed by atoms with Crippen LogP contribution in [0.1, 0.15) is 32.3 Å². The highest BCUT2D eigenvalue weighted by Crippen LogP contribution is 2.23. The van der Waals surface area contributed by atoms with Crippen molar-refractivity contribution in [2.45, 2.75) is 39.1 Å². The number of carbonyl (C=O) groups excluding carboxylic acids is 1. The van der Waals surface area contributed by atoms with Crippen LogP contribution in [-0.2, 0) is 4.79 Å². The second-order valence-corrected chi connectivity index (χ2v) is 6.26. The molecule has 0 saturated carbocycles. The molecule has 0 radical (unpaired) electrons. The SMILES string of the molecule is CCN(CC)CC1CCCN1C(=O)/C=C/c1ccc(OC(F)(F)F)cc1. The summed E-state index contributed by atoms with van der Waals surface area (Å²) in [4.78, 5) is 16.7. The Labute approximate surface area is 152 Å². The number of benzene rings is 1. The number of nitrogens with zero attached hydrogens (tertiary/aromatic N) is 2. The second kappa shape index (κ2) is 9.07. The number of halogens is 3. The van der Waals surface area contributed by atoms with E-state index in [1.165, 1.54) is 30.3 Å². The lowest BCUT2D eigenvalue weighted by Gasteiger charge is -2.29. The van der Waals surface area contributed by atoms with Gasteiger partial charge in [-0.15, -0.1) is 13.2 Å². The number of hydrogen-bond donors (Lipinski definition) is 0. The van der Waals surface area contributed by atoms with E-state index in [2.05, 4.69) is 23.5 Å². The number of ether oxygens (including phenoxy) is 1. The second-order valence-electron chi connectivity index (χ2n) is 6.26. The molecule has 144 valence electrons. The molecule has 0 spiro atoms. The summed E-state index contributed by atoms with van der Waals surface area (Å²) in [7, 11) is 0. The van der Waals surface area contributed by atoms with Crippen LogP contribution in [0, 0.1) is 0 Å². The zero-order valence-electron chi connectivity index (χ0n) is 15.1. The summed E-state index contributed by atoms with van der Waals surface area (Å²) < 4.78 is 40.3. The van der Waals surface area contributed by atoms with Gasteiger partial charge in [-0.3, -0.25) is 4.79 Å². The molecule has 1 heterocycles. The van der Waals surface area contributed by atoms with E-state index in [-0.39, 0.29) is 17.7 Å². The Bertz CT molecular complexity index is 610. The molecular formula is C19H25F3N2O2. The van der Waals surface area contributed by atoms with E-state index in [9.17, 15) is 18.0 Å². The molecule has 1 aliphatic rings. The summed E-state index contributed by atoms with van der Waals surface area (Å²) in [5.74, 6) is -0.338. The lowest BCUT2D eigenvalue weighted by molar-refractivity contribution is -0.274. The maximum Gasteiger partial charge on any atom is 0.573 e. The van der Waals surface area contributed by atoms with Gasteiger partial charge in [0.25, 0.3) is 0 Å². The monoisotopic (exact) mass is 370 g/mol. The van der Waals surface area contributed by atoms with Gasteiger partial charge in [0, 0.05) is 25.2 Å². The molecule has 1 aromatic rings. The predicted molar refractivity (Wildman–Crippen MR) is 94.7 cm³/mol. The summed E-state index contributed by atoms with van der Waals surface area (Å²) >= 11 is 0. The van der Waals surface area contributed by atoms with Crippen LogP contribution in [0.25, 0.3) is 6.08 Å². The molecule has 0 N–H and O–H groups in total. The van der Waals surface area contributed by atoms with Crippen molar-refractivity contribution in [1.82, 2.24) is 9.80 Å². The van der Waals surface area contributed by atoms with Gasteiger partial charge in [-0.25, -0.2) is 0 Å². The maximum absolute atomic E-state index is 12.5. The van der Waals surface area contributed by atoms with Crippen LogP contribution >= 0.6 is 0 Å². The van der Waals surface area contributed by atoms with Crippen molar-refractivity contribution in [2.24, 2.45) is 0 Å². The Hall–Kier alpha value is -2.02. The molecule has 1 aromatic carbocycles. The standard InChI is InChI=1S/C19H25F3N2O2/c1-3-23(4-2)14-16-6-5-13-24(16)18(25)12-9-15-7-10-17(11-8-15)26-19(20,21)22/h7-12,16H,3-6,13-14H2,1-2H3/b12-9+. The normalized spacial score (nSPS) is 18.1. The first-order valence-corrected chi connectivity index (χ1v) is 8.89. The first-order chi connectivity index (χ1) is 12.3. The average molecular weight is 370 g/mol. The van der Waals surface area contributed by atoms with E-state index >= 15 is 0 Å². The van der Waals surface area contributed by atoms with E-state index in [1.807, 2.05) is 4.90 Å². The lowest BCUT2D eigenvalue weighted by atomic mass is 10.2. The average Bonchev–Trinajstić information content (AvgIpc) is 3.05. The Kier molecular flexibility index (Phi) is 7.08. The zero-order chi connectivity index (χ0) is 19.2. The van der Waals surface area contributed by atoms with Gasteiger partial charge in [-0.2, -0.15) is 0 Å². The van der Waals surface area contributed by atoms with Crippen molar-refractivity contribution in [3.05, 3.63) is 35.9 Å². The van der Waals surface area contributed by atoms with Crippen molar-refractivity contribution < 1.29 is 22.7 Å². The third-order valence-corrected chi connectivity index (χ3v) is 4.56. The molecule has 7 heteroatoms. The molecule has 2 rings (SSSR count). The molecule has 0 bridgehead atoms. The molecule has 1 aliphatic heterocycles. The van der Waals surface area contributed by atoms with Gasteiger partial charge >= 0.3 is 6.36 Å². The van der Waals surface area contributed by atoms with Crippen LogP contribution in [0.15, 0.2) is 30.3 Å². The van der Waals surface area contributed by atoms with Crippen LogP contribution in [0.5, 0.6) is 5.75 Å². The molecule has 1 saturated heterocycles. The third kappa shape index (κ3) is 6.05. The summed E-state index contributed by atoms with van der Waals surface area (Å²) in [6.45, 7) is 7.74. The fourth-order valence-electron chi connectivity index (χ4n) is 3.14. The van der Waals surface area contributed by atoms with E-state index in [4.69, 9.17) is 0 Å². The van der Waals surface area contributed by atoms with Crippen LogP contribution in [-0.4, -0.2) is 54.3 Å². The van der Waals surface area contributed by atoms with Gasteiger partial charge in [0.2, 0.25) is 5.91 Å². The predicted octanol–water partition coefficient (Wildman–Crippen LogP) is 3.93. The number of hydrogen-bond acceptors (Lipinski definition) is 3. The Morgan fingerprint density at radius 3 is 2.50 bits per heavy atom. The Morgan fingerprint density at radius 1 is 1.27 bits per heavy atom. The number of rotatable bonds is 7. The highest BCUT2D eigenvalue weighted by molar-refractivity contribution is 5.92. The number of likely N-dealkylation sites (tertiary alicyclic amines) is 1. The fraction of sp³-hybridized carbons (Fsp3) is 0.526. The molecule has 1 fully saturated rings. The first-order valence-electron chi connectivity index (χ1n) is 8.89. The van der Waals surface area contributed by atoms with Gasteiger partial charge in [0.15, 0.2) is 0 Å². The van der Waals surface area contributed by atoms with Crippen molar-refractivity contribution in [3.8, 4) is 5.75 Å². The minimum absolute atomic E-state index is 0.0599. The largest absolute Gasteiger partial charge is 0.573 e. The van der Waals surface area contributed by atoms with Crippen molar-refractivity contribution in [2.75, 3.05) is 26.2 Å². The molecule has 1 atom stereocenters. The highest BCUT2D eigenvalue weighted by Gasteiger charge is 2.31. The van der Waals surface area contributed by atoms with E-state index < -0.39 is 6.36 Å². The van der Waals surface area contributed by atoms with Crippen molar-refractivity contribution in [3.63, 3.8) is 0 Å². The molecular weight excluding hydrogens is 345 g/mol. The molecule has 26 heavy (non-hydrogen) atoms. The molecule has 1 unspecified atom stereocenters. The topological polar surface area (TPSA) is 32.8 Å². The van der Waals surface area contributed by atoms with Crippen LogP contribution in [0.4, 0.5) is 13.2 Å². The number of carbonyl (C=O) groups is 1. The smallest absolute Gasteiger partial charge is 0.406 e. The Balaban J connectivity index is 1.95. The maximum atomic E-state index is 12.5. The molecule has 4 nitrogen and oxygen atoms in total. The van der Waals surface area contributed by atoms with E-state index in [0.717, 1.165) is 39.0 Å². The van der Waals surface area contributed by atoms with Gasteiger partial charge in [0.05, 0.1) is 0 Å². The number of likely N-dealkylation sites (N-methyl/N-ethyl adjacent to an activating group) is 1. The fourth-order valence-corrected chi connectivity index (χ4v) is 3.14. The summed E-state index contributed by atoms with van der Waals surface area (Å²) in [6.07, 6.45) is 0.393. The third-order valence-electron chi connectivity index (χ3n) is 4.56. The number of amides is 1. The van der Waals surface area contributed by atoms with Crippen molar-refractivity contribution in [1.29, 1.82) is 0 Å². The molecule has 1 amide bonds. The quantitative estimate of drug-likeness (QED) is 0.682. The van der Waals surface area contributed by atoms with E-state index in [1.54, 1.807) is 6.08 Å². The van der Waals surface area contributed by atoms with Crippen LogP contribution < -0.4 is 4.74 Å².